The molecule has 1 saturated heterocycles. The molecular formula is C23H24N2O3S2. The normalized spacial score (nSPS) is 20.7. The predicted octanol–water partition coefficient (Wildman–Crippen LogP) is 4.78. The molecule has 156 valence electrons. The van der Waals surface area contributed by atoms with Gasteiger partial charge in [0.2, 0.25) is 10.0 Å². The summed E-state index contributed by atoms with van der Waals surface area (Å²) in [5.41, 5.74) is 1.21. The Kier molecular flexibility index (Phi) is 5.83. The summed E-state index contributed by atoms with van der Waals surface area (Å²) in [5.74, 6) is 0.318. The molecule has 7 heteroatoms. The van der Waals surface area contributed by atoms with Crippen molar-refractivity contribution in [3.63, 3.8) is 0 Å². The molecule has 2 atom stereocenters. The molecule has 30 heavy (non-hydrogen) atoms. The minimum atomic E-state index is -3.46. The second kappa shape index (κ2) is 8.38. The summed E-state index contributed by atoms with van der Waals surface area (Å²) in [5, 5.41) is 13.0. The third-order valence-electron chi connectivity index (χ3n) is 5.71. The summed E-state index contributed by atoms with van der Waals surface area (Å²) in [6.07, 6.45) is 0. The van der Waals surface area contributed by atoms with E-state index in [0.717, 1.165) is 15.6 Å². The zero-order valence-electron chi connectivity index (χ0n) is 17.0. The van der Waals surface area contributed by atoms with Gasteiger partial charge in [0, 0.05) is 10.8 Å². The van der Waals surface area contributed by atoms with E-state index in [1.807, 2.05) is 41.8 Å². The molecular weight excluding hydrogens is 416 g/mol. The van der Waals surface area contributed by atoms with Gasteiger partial charge in [0.05, 0.1) is 42.3 Å². The van der Waals surface area contributed by atoms with E-state index in [1.165, 1.54) is 0 Å². The van der Waals surface area contributed by atoms with Crippen LogP contribution in [0.1, 0.15) is 24.3 Å². The van der Waals surface area contributed by atoms with E-state index >= 15 is 0 Å². The first kappa shape index (κ1) is 20.9. The van der Waals surface area contributed by atoms with Crippen LogP contribution in [-0.4, -0.2) is 26.8 Å². The molecule has 2 heterocycles. The maximum Gasteiger partial charge on any atom is 0.235 e. The van der Waals surface area contributed by atoms with E-state index < -0.39 is 10.0 Å². The second-order valence-corrected chi connectivity index (χ2v) is 10.9. The van der Waals surface area contributed by atoms with Crippen LogP contribution in [0, 0.1) is 23.2 Å². The van der Waals surface area contributed by atoms with Crippen molar-refractivity contribution in [1.82, 2.24) is 0 Å². The molecule has 3 aromatic rings. The minimum absolute atomic E-state index is 0.0144. The van der Waals surface area contributed by atoms with Gasteiger partial charge >= 0.3 is 0 Å². The van der Waals surface area contributed by atoms with Gasteiger partial charge in [-0.25, -0.2) is 8.42 Å². The van der Waals surface area contributed by atoms with Gasteiger partial charge < -0.3 is 4.74 Å². The number of ether oxygens (including phenoxy) is 1. The lowest BCUT2D eigenvalue weighted by molar-refractivity contribution is 0.0953. The van der Waals surface area contributed by atoms with Gasteiger partial charge in [0.25, 0.3) is 0 Å². The third kappa shape index (κ3) is 3.95. The lowest BCUT2D eigenvalue weighted by Gasteiger charge is -2.29. The number of anilines is 1. The van der Waals surface area contributed by atoms with E-state index in [9.17, 15) is 13.7 Å². The molecule has 0 radical (unpaired) electrons. The quantitative estimate of drug-likeness (QED) is 0.553. The van der Waals surface area contributed by atoms with Crippen LogP contribution in [0.3, 0.4) is 0 Å². The van der Waals surface area contributed by atoms with E-state index in [-0.39, 0.29) is 23.6 Å². The standard InChI is InChI=1S/C23H24N2O3S2/c1-16(2)22-15-30(26,27)25(23(22)14-28-13-20-7-4-10-29-20)19-8-9-21-17(11-19)5-3-6-18(21)12-24/h3-11,16,22-23H,13-15H2,1-2H3. The average molecular weight is 441 g/mol. The van der Waals surface area contributed by atoms with Crippen molar-refractivity contribution in [1.29, 1.82) is 5.26 Å². The first-order valence-corrected chi connectivity index (χ1v) is 12.4. The Bertz CT molecular complexity index is 1180. The Hall–Kier alpha value is -2.40. The van der Waals surface area contributed by atoms with E-state index in [2.05, 4.69) is 19.9 Å². The number of thiophene rings is 1. The number of fused-ring (bicyclic) bond motifs is 1. The monoisotopic (exact) mass is 440 g/mol. The van der Waals surface area contributed by atoms with Crippen LogP contribution in [0.2, 0.25) is 0 Å². The highest BCUT2D eigenvalue weighted by Crippen LogP contribution is 2.38. The number of benzene rings is 2. The Morgan fingerprint density at radius 2 is 2.07 bits per heavy atom. The molecule has 2 unspecified atom stereocenters. The maximum atomic E-state index is 13.2. The summed E-state index contributed by atoms with van der Waals surface area (Å²) in [7, 11) is -3.46. The zero-order valence-corrected chi connectivity index (χ0v) is 18.6. The largest absolute Gasteiger partial charge is 0.374 e. The molecule has 5 nitrogen and oxygen atoms in total. The molecule has 0 amide bonds. The van der Waals surface area contributed by atoms with Gasteiger partial charge in [-0.15, -0.1) is 11.3 Å². The number of nitrogens with zero attached hydrogens (tertiary/aromatic N) is 2. The lowest BCUT2D eigenvalue weighted by Crippen LogP contribution is -2.40. The minimum Gasteiger partial charge on any atom is -0.374 e. The molecule has 0 aliphatic carbocycles. The molecule has 0 spiro atoms. The van der Waals surface area contributed by atoms with Gasteiger partial charge in [0.15, 0.2) is 0 Å². The van der Waals surface area contributed by atoms with Crippen molar-refractivity contribution in [3.8, 4) is 6.07 Å². The molecule has 0 saturated carbocycles. The van der Waals surface area contributed by atoms with Crippen LogP contribution in [0.5, 0.6) is 0 Å². The van der Waals surface area contributed by atoms with Crippen LogP contribution in [0.4, 0.5) is 5.69 Å². The van der Waals surface area contributed by atoms with Crippen molar-refractivity contribution >= 4 is 37.8 Å². The van der Waals surface area contributed by atoms with Crippen molar-refractivity contribution in [2.45, 2.75) is 26.5 Å². The third-order valence-corrected chi connectivity index (χ3v) is 8.44. The van der Waals surface area contributed by atoms with Crippen LogP contribution < -0.4 is 4.31 Å². The van der Waals surface area contributed by atoms with Crippen LogP contribution in [0.25, 0.3) is 10.8 Å². The molecule has 1 fully saturated rings. The number of hydrogen-bond donors (Lipinski definition) is 0. The molecule has 0 N–H and O–H groups in total. The van der Waals surface area contributed by atoms with Crippen molar-refractivity contribution in [2.75, 3.05) is 16.7 Å². The maximum absolute atomic E-state index is 13.2. The second-order valence-electron chi connectivity index (χ2n) is 7.97. The first-order chi connectivity index (χ1) is 14.4. The van der Waals surface area contributed by atoms with E-state index in [4.69, 9.17) is 4.74 Å². The van der Waals surface area contributed by atoms with Gasteiger partial charge in [0.1, 0.15) is 0 Å². The van der Waals surface area contributed by atoms with E-state index in [1.54, 1.807) is 27.8 Å². The van der Waals surface area contributed by atoms with Gasteiger partial charge in [-0.05, 0) is 46.3 Å². The summed E-state index contributed by atoms with van der Waals surface area (Å²) < 4.78 is 33.8. The highest BCUT2D eigenvalue weighted by molar-refractivity contribution is 7.93. The van der Waals surface area contributed by atoms with Crippen LogP contribution in [0.15, 0.2) is 53.9 Å². The number of rotatable bonds is 6. The number of sulfonamides is 1. The Labute approximate surface area is 181 Å². The lowest BCUT2D eigenvalue weighted by atomic mass is 9.90. The van der Waals surface area contributed by atoms with Gasteiger partial charge in [-0.2, -0.15) is 5.26 Å². The zero-order chi connectivity index (χ0) is 21.3. The fourth-order valence-corrected chi connectivity index (χ4v) is 7.13. The summed E-state index contributed by atoms with van der Waals surface area (Å²) in [6.45, 7) is 4.96. The predicted molar refractivity (Wildman–Crippen MR) is 121 cm³/mol. The Morgan fingerprint density at radius 3 is 2.77 bits per heavy atom. The highest BCUT2D eigenvalue weighted by Gasteiger charge is 2.46. The van der Waals surface area contributed by atoms with Crippen molar-refractivity contribution in [3.05, 3.63) is 64.4 Å². The SMILES string of the molecule is CC(C)C1CS(=O)(=O)N(c2ccc3c(C#N)cccc3c2)C1COCc1cccs1. The van der Waals surface area contributed by atoms with Crippen LogP contribution >= 0.6 is 11.3 Å². The topological polar surface area (TPSA) is 70.4 Å². The summed E-state index contributed by atoms with van der Waals surface area (Å²) >= 11 is 1.63. The summed E-state index contributed by atoms with van der Waals surface area (Å²) in [6, 6.07) is 16.9. The van der Waals surface area contributed by atoms with Crippen LogP contribution in [-0.2, 0) is 21.4 Å². The van der Waals surface area contributed by atoms with E-state index in [0.29, 0.717) is 24.5 Å². The Balaban J connectivity index is 1.68. The highest BCUT2D eigenvalue weighted by atomic mass is 32.2. The van der Waals surface area contributed by atoms with Crippen molar-refractivity contribution in [2.24, 2.45) is 11.8 Å². The molecule has 1 aromatic heterocycles. The smallest absolute Gasteiger partial charge is 0.235 e. The molecule has 4 rings (SSSR count). The fourth-order valence-electron chi connectivity index (χ4n) is 4.18. The average Bonchev–Trinajstić information content (AvgIpc) is 3.32. The number of nitriles is 1. The van der Waals surface area contributed by atoms with Gasteiger partial charge in [-0.3, -0.25) is 4.31 Å². The fraction of sp³-hybridized carbons (Fsp3) is 0.348. The summed E-state index contributed by atoms with van der Waals surface area (Å²) in [4.78, 5) is 1.12. The van der Waals surface area contributed by atoms with Gasteiger partial charge in [-0.1, -0.05) is 38.1 Å². The molecule has 2 aromatic carbocycles. The molecule has 1 aliphatic rings. The number of hydrogen-bond acceptors (Lipinski definition) is 5. The van der Waals surface area contributed by atoms with Crippen molar-refractivity contribution < 1.29 is 13.2 Å². The molecule has 0 bridgehead atoms. The molecule has 1 aliphatic heterocycles. The first-order valence-electron chi connectivity index (χ1n) is 9.96. The Morgan fingerprint density at radius 1 is 1.23 bits per heavy atom.